The lowest BCUT2D eigenvalue weighted by Crippen LogP contribution is -2.47. The van der Waals surface area contributed by atoms with Gasteiger partial charge in [0.25, 0.3) is 0 Å². The second-order valence-corrected chi connectivity index (χ2v) is 7.50. The van der Waals surface area contributed by atoms with Gasteiger partial charge in [-0.3, -0.25) is 0 Å². The molecule has 3 rings (SSSR count). The molecule has 0 aliphatic carbocycles. The van der Waals surface area contributed by atoms with Crippen molar-refractivity contribution in [2.24, 2.45) is 0 Å². The summed E-state index contributed by atoms with van der Waals surface area (Å²) in [6.45, 7) is 0. The van der Waals surface area contributed by atoms with Crippen LogP contribution in [0.4, 0.5) is 0 Å². The van der Waals surface area contributed by atoms with E-state index >= 15 is 0 Å². The lowest BCUT2D eigenvalue weighted by Gasteiger charge is -2.42. The number of sulfone groups is 1. The van der Waals surface area contributed by atoms with Crippen LogP contribution in [0.3, 0.4) is 0 Å². The molecule has 5 heteroatoms. The summed E-state index contributed by atoms with van der Waals surface area (Å²) >= 11 is 0. The van der Waals surface area contributed by atoms with Crippen molar-refractivity contribution in [2.75, 3.05) is 11.5 Å². The fraction of sp³-hybridized carbons (Fsp3) is 0.538. The number of para-hydroxylation sites is 1. The smallest absolute Gasteiger partial charge is 0.150 e. The zero-order valence-electron chi connectivity index (χ0n) is 10.0. The number of ether oxygens (including phenoxy) is 1. The molecule has 1 aromatic carbocycles. The van der Waals surface area contributed by atoms with Crippen LogP contribution in [-0.2, 0) is 9.84 Å². The van der Waals surface area contributed by atoms with Crippen molar-refractivity contribution < 1.29 is 18.3 Å². The molecule has 0 radical (unpaired) electrons. The molecule has 0 aromatic heterocycles. The number of hydrogen-bond acceptors (Lipinski definition) is 4. The molecule has 1 saturated heterocycles. The van der Waals surface area contributed by atoms with Crippen LogP contribution in [0.15, 0.2) is 24.3 Å². The molecule has 1 aromatic rings. The number of aliphatic hydroxyl groups is 1. The normalized spacial score (nSPS) is 28.4. The molecule has 2 aliphatic rings. The van der Waals surface area contributed by atoms with E-state index in [-0.39, 0.29) is 11.5 Å². The van der Waals surface area contributed by atoms with Crippen molar-refractivity contribution in [1.29, 1.82) is 0 Å². The zero-order chi connectivity index (χ0) is 12.8. The minimum absolute atomic E-state index is 0.155. The van der Waals surface area contributed by atoms with Gasteiger partial charge in [-0.25, -0.2) is 8.42 Å². The van der Waals surface area contributed by atoms with Crippen molar-refractivity contribution in [1.82, 2.24) is 0 Å². The van der Waals surface area contributed by atoms with Crippen LogP contribution >= 0.6 is 0 Å². The van der Waals surface area contributed by atoms with Gasteiger partial charge in [0.2, 0.25) is 0 Å². The highest BCUT2D eigenvalue weighted by Crippen LogP contribution is 2.44. The summed E-state index contributed by atoms with van der Waals surface area (Å²) in [5.74, 6) is 1.000. The van der Waals surface area contributed by atoms with Crippen molar-refractivity contribution >= 4 is 9.84 Å². The molecule has 1 N–H and O–H groups in total. The average molecular weight is 268 g/mol. The van der Waals surface area contributed by atoms with E-state index in [1.165, 1.54) is 0 Å². The molecule has 0 unspecified atom stereocenters. The van der Waals surface area contributed by atoms with Gasteiger partial charge in [-0.15, -0.1) is 0 Å². The van der Waals surface area contributed by atoms with E-state index in [1.54, 1.807) is 0 Å². The quantitative estimate of drug-likeness (QED) is 0.773. The summed E-state index contributed by atoms with van der Waals surface area (Å²) < 4.78 is 29.0. The van der Waals surface area contributed by atoms with E-state index in [1.807, 2.05) is 24.3 Å². The molecular weight excluding hydrogens is 252 g/mol. The first-order valence-corrected chi connectivity index (χ1v) is 7.98. The lowest BCUT2D eigenvalue weighted by molar-refractivity contribution is -0.0208. The number of aliphatic hydroxyl groups excluding tert-OH is 1. The first-order valence-electron chi connectivity index (χ1n) is 6.16. The highest BCUT2D eigenvalue weighted by atomic mass is 32.2. The van der Waals surface area contributed by atoms with E-state index in [9.17, 15) is 13.5 Å². The summed E-state index contributed by atoms with van der Waals surface area (Å²) in [4.78, 5) is 0. The van der Waals surface area contributed by atoms with Crippen LogP contribution in [0, 0.1) is 0 Å². The van der Waals surface area contributed by atoms with Gasteiger partial charge in [-0.2, -0.15) is 0 Å². The monoisotopic (exact) mass is 268 g/mol. The van der Waals surface area contributed by atoms with Crippen molar-refractivity contribution in [2.45, 2.75) is 31.0 Å². The number of hydrogen-bond donors (Lipinski definition) is 1. The molecule has 0 amide bonds. The Morgan fingerprint density at radius 2 is 1.89 bits per heavy atom. The summed E-state index contributed by atoms with van der Waals surface area (Å²) in [7, 11) is -2.91. The Balaban J connectivity index is 1.90. The van der Waals surface area contributed by atoms with Gasteiger partial charge in [-0.05, 0) is 6.07 Å². The fourth-order valence-electron chi connectivity index (χ4n) is 2.80. The number of fused-ring (bicyclic) bond motifs is 1. The van der Waals surface area contributed by atoms with Gasteiger partial charge >= 0.3 is 0 Å². The molecule has 2 heterocycles. The predicted octanol–water partition coefficient (Wildman–Crippen LogP) is 1.45. The van der Waals surface area contributed by atoms with Crippen LogP contribution < -0.4 is 4.74 Å². The fourth-order valence-corrected chi connectivity index (χ4v) is 4.37. The minimum atomic E-state index is -2.91. The second-order valence-electron chi connectivity index (χ2n) is 5.19. The van der Waals surface area contributed by atoms with Gasteiger partial charge in [0, 0.05) is 24.8 Å². The number of rotatable bonds is 0. The van der Waals surface area contributed by atoms with E-state index in [0.29, 0.717) is 25.0 Å². The van der Waals surface area contributed by atoms with Crippen LogP contribution in [0.5, 0.6) is 5.75 Å². The summed E-state index contributed by atoms with van der Waals surface area (Å²) in [5.41, 5.74) is 0.301. The SMILES string of the molecule is O=S1(=O)CCC2(CC1)C[C@H](O)c1ccccc1O2. The summed E-state index contributed by atoms with van der Waals surface area (Å²) in [6.07, 6.45) is 0.872. The highest BCUT2D eigenvalue weighted by Gasteiger charge is 2.44. The molecule has 1 atom stereocenters. The highest BCUT2D eigenvalue weighted by molar-refractivity contribution is 7.91. The Morgan fingerprint density at radius 1 is 1.22 bits per heavy atom. The zero-order valence-corrected chi connectivity index (χ0v) is 10.8. The largest absolute Gasteiger partial charge is 0.487 e. The standard InChI is InChI=1S/C13H16O4S/c14-11-9-13(5-7-18(15,16)8-6-13)17-12-4-2-1-3-10(11)12/h1-4,11,14H,5-9H2/t11-/m0/s1. The third-order valence-electron chi connectivity index (χ3n) is 3.91. The Kier molecular flexibility index (Phi) is 2.64. The van der Waals surface area contributed by atoms with Crippen molar-refractivity contribution in [3.8, 4) is 5.75 Å². The van der Waals surface area contributed by atoms with Crippen LogP contribution in [0.25, 0.3) is 0 Å². The molecule has 18 heavy (non-hydrogen) atoms. The maximum Gasteiger partial charge on any atom is 0.150 e. The maximum absolute atomic E-state index is 11.5. The number of benzene rings is 1. The molecule has 0 bridgehead atoms. The Morgan fingerprint density at radius 3 is 2.61 bits per heavy atom. The molecule has 1 spiro atoms. The molecule has 2 aliphatic heterocycles. The van der Waals surface area contributed by atoms with E-state index in [0.717, 1.165) is 5.56 Å². The molecule has 0 saturated carbocycles. The first-order chi connectivity index (χ1) is 8.50. The Labute approximate surface area is 107 Å². The van der Waals surface area contributed by atoms with E-state index in [2.05, 4.69) is 0 Å². The van der Waals surface area contributed by atoms with Gasteiger partial charge in [0.1, 0.15) is 11.4 Å². The minimum Gasteiger partial charge on any atom is -0.487 e. The summed E-state index contributed by atoms with van der Waals surface area (Å²) in [5, 5.41) is 10.2. The first kappa shape index (κ1) is 12.0. The third kappa shape index (κ3) is 2.01. The molecule has 98 valence electrons. The second kappa shape index (κ2) is 3.96. The van der Waals surface area contributed by atoms with E-state index < -0.39 is 21.5 Å². The van der Waals surface area contributed by atoms with Gasteiger partial charge < -0.3 is 9.84 Å². The van der Waals surface area contributed by atoms with Crippen molar-refractivity contribution in [3.63, 3.8) is 0 Å². The summed E-state index contributed by atoms with van der Waals surface area (Å²) in [6, 6.07) is 7.42. The van der Waals surface area contributed by atoms with Gasteiger partial charge in [-0.1, -0.05) is 18.2 Å². The predicted molar refractivity (Wildman–Crippen MR) is 67.3 cm³/mol. The van der Waals surface area contributed by atoms with Crippen molar-refractivity contribution in [3.05, 3.63) is 29.8 Å². The maximum atomic E-state index is 11.5. The van der Waals surface area contributed by atoms with Crippen LogP contribution in [0.1, 0.15) is 30.9 Å². The molecular formula is C13H16O4S. The Hall–Kier alpha value is -1.07. The lowest BCUT2D eigenvalue weighted by atomic mass is 9.84. The average Bonchev–Trinajstić information content (AvgIpc) is 2.34. The topological polar surface area (TPSA) is 63.6 Å². The molecule has 1 fully saturated rings. The van der Waals surface area contributed by atoms with Gasteiger partial charge in [0.05, 0.1) is 17.6 Å². The molecule has 4 nitrogen and oxygen atoms in total. The van der Waals surface area contributed by atoms with E-state index in [4.69, 9.17) is 4.74 Å². The van der Waals surface area contributed by atoms with Gasteiger partial charge in [0.15, 0.2) is 9.84 Å². The Bertz CT molecular complexity index is 550. The van der Waals surface area contributed by atoms with Crippen LogP contribution in [-0.4, -0.2) is 30.6 Å². The third-order valence-corrected chi connectivity index (χ3v) is 5.56. The van der Waals surface area contributed by atoms with Crippen LogP contribution in [0.2, 0.25) is 0 Å².